The second kappa shape index (κ2) is 8.56. The molecule has 0 unspecified atom stereocenters. The van der Waals surface area contributed by atoms with Crippen LogP contribution in [0.5, 0.6) is 0 Å². The van der Waals surface area contributed by atoms with Crippen molar-refractivity contribution in [2.75, 3.05) is 5.32 Å². The van der Waals surface area contributed by atoms with Gasteiger partial charge in [-0.15, -0.1) is 0 Å². The largest absolute Gasteiger partial charge is 0.339 e. The molecule has 2 saturated carbocycles. The van der Waals surface area contributed by atoms with Crippen LogP contribution in [0.4, 0.5) is 10.1 Å². The summed E-state index contributed by atoms with van der Waals surface area (Å²) in [6.45, 7) is 3.90. The van der Waals surface area contributed by atoms with Gasteiger partial charge < -0.3 is 16.4 Å². The molecule has 1 aromatic carbocycles. The van der Waals surface area contributed by atoms with Crippen molar-refractivity contribution in [2.45, 2.75) is 70.5 Å². The van der Waals surface area contributed by atoms with Gasteiger partial charge in [-0.25, -0.2) is 4.39 Å². The molecular formula is C25H32FN5O2. The summed E-state index contributed by atoms with van der Waals surface area (Å²) >= 11 is 0. The van der Waals surface area contributed by atoms with Crippen molar-refractivity contribution in [1.82, 2.24) is 15.1 Å². The molecule has 5 rings (SSSR count). The summed E-state index contributed by atoms with van der Waals surface area (Å²) in [6.07, 6.45) is 7.40. The van der Waals surface area contributed by atoms with Gasteiger partial charge in [0, 0.05) is 18.3 Å². The number of halogens is 1. The van der Waals surface area contributed by atoms with Gasteiger partial charge in [0.1, 0.15) is 17.6 Å². The number of rotatable bonds is 8. The van der Waals surface area contributed by atoms with Crippen LogP contribution in [-0.2, 0) is 11.2 Å². The lowest BCUT2D eigenvalue weighted by atomic mass is 9.88. The number of fused-ring (bicyclic) bond motifs is 1. The van der Waals surface area contributed by atoms with Crippen LogP contribution >= 0.6 is 0 Å². The highest BCUT2D eigenvalue weighted by Gasteiger charge is 2.48. The zero-order valence-corrected chi connectivity index (χ0v) is 19.2. The minimum absolute atomic E-state index is 0.0163. The third kappa shape index (κ3) is 4.40. The van der Waals surface area contributed by atoms with E-state index in [0.717, 1.165) is 49.7 Å². The number of nitrogens with two attached hydrogens (primary N) is 1. The summed E-state index contributed by atoms with van der Waals surface area (Å²) in [6, 6.07) is 3.94. The molecule has 3 aliphatic rings. The van der Waals surface area contributed by atoms with Crippen LogP contribution < -0.4 is 16.4 Å². The number of aromatic nitrogens is 2. The lowest BCUT2D eigenvalue weighted by Gasteiger charge is -2.28. The van der Waals surface area contributed by atoms with E-state index in [1.165, 1.54) is 6.07 Å². The summed E-state index contributed by atoms with van der Waals surface area (Å²) in [4.78, 5) is 26.7. The maximum atomic E-state index is 14.8. The third-order valence-electron chi connectivity index (χ3n) is 7.29. The molecule has 0 saturated heterocycles. The van der Waals surface area contributed by atoms with Gasteiger partial charge in [0.15, 0.2) is 0 Å². The Morgan fingerprint density at radius 2 is 1.85 bits per heavy atom. The van der Waals surface area contributed by atoms with Crippen LogP contribution in [0, 0.1) is 23.6 Å². The molecule has 2 fully saturated rings. The first-order valence-electron chi connectivity index (χ1n) is 12.1. The van der Waals surface area contributed by atoms with Gasteiger partial charge in [0.05, 0.1) is 5.69 Å². The molecule has 1 heterocycles. The second-order valence-electron chi connectivity index (χ2n) is 10.1. The predicted molar refractivity (Wildman–Crippen MR) is 123 cm³/mol. The van der Waals surface area contributed by atoms with Gasteiger partial charge in [-0.05, 0) is 99.5 Å². The van der Waals surface area contributed by atoms with Gasteiger partial charge in [0.25, 0.3) is 5.91 Å². The van der Waals surface area contributed by atoms with E-state index >= 15 is 0 Å². The van der Waals surface area contributed by atoms with Crippen molar-refractivity contribution >= 4 is 17.5 Å². The average Bonchev–Trinajstić information content (AvgIpc) is 3.71. The zero-order chi connectivity index (χ0) is 23.3. The van der Waals surface area contributed by atoms with Crippen molar-refractivity contribution < 1.29 is 14.0 Å². The molecule has 0 radical (unpaired) electrons. The molecule has 4 N–H and O–H groups in total. The van der Waals surface area contributed by atoms with E-state index in [2.05, 4.69) is 15.7 Å². The maximum Gasteiger partial charge on any atom is 0.270 e. The summed E-state index contributed by atoms with van der Waals surface area (Å²) in [5.41, 5.74) is 8.43. The van der Waals surface area contributed by atoms with Crippen LogP contribution in [0.3, 0.4) is 0 Å². The lowest BCUT2D eigenvalue weighted by Crippen LogP contribution is -2.50. The minimum atomic E-state index is -0.720. The molecular weight excluding hydrogens is 421 g/mol. The van der Waals surface area contributed by atoms with Crippen LogP contribution in [0.25, 0.3) is 0 Å². The Labute approximate surface area is 193 Å². The number of carbonyl (C=O) groups is 2. The number of carbonyl (C=O) groups excluding carboxylic acids is 2. The normalized spacial score (nSPS) is 20.7. The number of hydrogen-bond donors (Lipinski definition) is 3. The summed E-state index contributed by atoms with van der Waals surface area (Å²) in [7, 11) is 0. The fraction of sp³-hybridized carbons (Fsp3) is 0.560. The van der Waals surface area contributed by atoms with Crippen molar-refractivity contribution in [3.63, 3.8) is 0 Å². The highest BCUT2D eigenvalue weighted by molar-refractivity contribution is 6.01. The van der Waals surface area contributed by atoms with Gasteiger partial charge >= 0.3 is 0 Å². The number of hydrogen-bond acceptors (Lipinski definition) is 4. The van der Waals surface area contributed by atoms with Crippen LogP contribution in [0.15, 0.2) is 24.4 Å². The smallest absolute Gasteiger partial charge is 0.270 e. The lowest BCUT2D eigenvalue weighted by molar-refractivity contribution is -0.119. The highest BCUT2D eigenvalue weighted by Crippen LogP contribution is 2.51. The number of nitrogens with one attached hydrogen (secondary N) is 2. The first-order valence-corrected chi connectivity index (χ1v) is 12.1. The van der Waals surface area contributed by atoms with Gasteiger partial charge in [-0.1, -0.05) is 0 Å². The highest BCUT2D eigenvalue weighted by atomic mass is 19.1. The third-order valence-corrected chi connectivity index (χ3v) is 7.29. The molecule has 33 heavy (non-hydrogen) atoms. The van der Waals surface area contributed by atoms with Gasteiger partial charge in [-0.2, -0.15) is 5.10 Å². The van der Waals surface area contributed by atoms with E-state index < -0.39 is 11.9 Å². The maximum absolute atomic E-state index is 14.8. The monoisotopic (exact) mass is 453 g/mol. The van der Waals surface area contributed by atoms with E-state index in [1.54, 1.807) is 23.0 Å². The number of nitrogens with zero attached hydrogens (tertiary/aromatic N) is 2. The number of benzene rings is 1. The summed E-state index contributed by atoms with van der Waals surface area (Å²) < 4.78 is 16.5. The first kappa shape index (κ1) is 22.1. The van der Waals surface area contributed by atoms with Crippen molar-refractivity contribution in [3.8, 4) is 0 Å². The Kier molecular flexibility index (Phi) is 5.72. The predicted octanol–water partition coefficient (Wildman–Crippen LogP) is 3.72. The molecule has 8 heteroatoms. The van der Waals surface area contributed by atoms with Gasteiger partial charge in [-0.3, -0.25) is 14.3 Å². The number of aryl methyl sites for hydroxylation is 1. The molecule has 2 aromatic rings. The molecule has 0 aliphatic heterocycles. The minimum Gasteiger partial charge on any atom is -0.339 e. The summed E-state index contributed by atoms with van der Waals surface area (Å²) in [5, 5.41) is 10.0. The Balaban J connectivity index is 1.41. The van der Waals surface area contributed by atoms with E-state index in [9.17, 15) is 14.0 Å². The number of anilines is 1. The summed E-state index contributed by atoms with van der Waals surface area (Å²) in [5.74, 6) is -0.262. The van der Waals surface area contributed by atoms with Crippen molar-refractivity contribution in [2.24, 2.45) is 23.5 Å². The Bertz CT molecular complexity index is 1060. The molecule has 176 valence electrons. The Hall–Kier alpha value is -2.74. The molecule has 2 atom stereocenters. The SMILES string of the molecule is CC(C)n1nccc1C(=O)N[C@H](C(=O)Nc1cc2c(cc1F)[C@H](N)CC2)C(C1CC1)C1CC1. The fourth-order valence-corrected chi connectivity index (χ4v) is 5.32. The van der Waals surface area contributed by atoms with Crippen molar-refractivity contribution in [3.05, 3.63) is 47.0 Å². The fourth-order valence-electron chi connectivity index (χ4n) is 5.32. The molecule has 7 nitrogen and oxygen atoms in total. The number of amides is 2. The molecule has 1 aromatic heterocycles. The van der Waals surface area contributed by atoms with E-state index in [4.69, 9.17) is 5.73 Å². The average molecular weight is 454 g/mol. The topological polar surface area (TPSA) is 102 Å². The second-order valence-corrected chi connectivity index (χ2v) is 10.1. The van der Waals surface area contributed by atoms with Crippen LogP contribution in [0.1, 0.15) is 79.7 Å². The van der Waals surface area contributed by atoms with Crippen LogP contribution in [-0.4, -0.2) is 27.6 Å². The van der Waals surface area contributed by atoms with E-state index in [1.807, 2.05) is 13.8 Å². The molecule has 0 bridgehead atoms. The Morgan fingerprint density at radius 3 is 2.48 bits per heavy atom. The molecule has 0 spiro atoms. The zero-order valence-electron chi connectivity index (χ0n) is 19.2. The van der Waals surface area contributed by atoms with Crippen molar-refractivity contribution in [1.29, 1.82) is 0 Å². The Morgan fingerprint density at radius 1 is 1.15 bits per heavy atom. The quantitative estimate of drug-likeness (QED) is 0.567. The van der Waals surface area contributed by atoms with Crippen LogP contribution in [0.2, 0.25) is 0 Å². The van der Waals surface area contributed by atoms with E-state index in [0.29, 0.717) is 17.5 Å². The van der Waals surface area contributed by atoms with Gasteiger partial charge in [0.2, 0.25) is 5.91 Å². The first-order chi connectivity index (χ1) is 15.8. The standard InChI is InChI=1S/C25H32FN5O2/c1-13(2)31-21(9-10-28-31)24(32)30-23(22(14-3-4-14)15-5-6-15)25(33)29-20-11-16-7-8-19(27)17(16)12-18(20)26/h9-15,19,22-23H,3-8,27H2,1-2H3,(H,29,33)(H,30,32)/t19-,23+/m1/s1. The van der Waals surface area contributed by atoms with E-state index in [-0.39, 0.29) is 35.5 Å². The molecule has 3 aliphatic carbocycles. The molecule has 2 amide bonds.